The predicted octanol–water partition coefficient (Wildman–Crippen LogP) is 1.78. The summed E-state index contributed by atoms with van der Waals surface area (Å²) in [6, 6.07) is 0.555. The lowest BCUT2D eigenvalue weighted by Crippen LogP contribution is -2.37. The van der Waals surface area contributed by atoms with Crippen LogP contribution >= 0.6 is 0 Å². The number of hydrogen-bond acceptors (Lipinski definition) is 2. The first kappa shape index (κ1) is 11.9. The summed E-state index contributed by atoms with van der Waals surface area (Å²) in [6.07, 6.45) is 5.71. The average Bonchev–Trinajstić information content (AvgIpc) is 2.83. The molecule has 1 atom stereocenters. The highest BCUT2D eigenvalue weighted by molar-refractivity contribution is 5.76. The summed E-state index contributed by atoms with van der Waals surface area (Å²) in [4.78, 5) is 13.8. The van der Waals surface area contributed by atoms with Gasteiger partial charge in [0, 0.05) is 32.1 Å². The van der Waals surface area contributed by atoms with Crippen LogP contribution in [0.4, 0.5) is 0 Å². The molecule has 0 aromatic heterocycles. The number of hydrogen-bond donors (Lipinski definition) is 1. The molecule has 1 N–H and O–H groups in total. The standard InChI is InChI=1S/C13H24N2O/c1-11(13(2)6-7-13)14-8-5-12(16)15-9-3-4-10-15/h11,14H,3-10H2,1-2H3. The van der Waals surface area contributed by atoms with E-state index in [1.54, 1.807) is 0 Å². The van der Waals surface area contributed by atoms with Crippen molar-refractivity contribution in [2.24, 2.45) is 5.41 Å². The molecule has 3 heteroatoms. The van der Waals surface area contributed by atoms with Crippen LogP contribution in [0.25, 0.3) is 0 Å². The smallest absolute Gasteiger partial charge is 0.223 e. The maximum atomic E-state index is 11.8. The highest BCUT2D eigenvalue weighted by Gasteiger charge is 2.42. The summed E-state index contributed by atoms with van der Waals surface area (Å²) < 4.78 is 0. The Bertz CT molecular complexity index is 255. The van der Waals surface area contributed by atoms with Crippen molar-refractivity contribution in [1.29, 1.82) is 0 Å². The van der Waals surface area contributed by atoms with Crippen LogP contribution in [-0.4, -0.2) is 36.5 Å². The molecule has 1 aliphatic heterocycles. The summed E-state index contributed by atoms with van der Waals surface area (Å²) in [7, 11) is 0. The van der Waals surface area contributed by atoms with Gasteiger partial charge in [0.2, 0.25) is 5.91 Å². The molecule has 3 nitrogen and oxygen atoms in total. The van der Waals surface area contributed by atoms with Crippen molar-refractivity contribution in [1.82, 2.24) is 10.2 Å². The molecule has 0 spiro atoms. The predicted molar refractivity (Wildman–Crippen MR) is 65.2 cm³/mol. The quantitative estimate of drug-likeness (QED) is 0.772. The van der Waals surface area contributed by atoms with Crippen LogP contribution in [0.3, 0.4) is 0 Å². The second kappa shape index (κ2) is 4.74. The van der Waals surface area contributed by atoms with E-state index in [2.05, 4.69) is 19.2 Å². The molecule has 0 bridgehead atoms. The van der Waals surface area contributed by atoms with Crippen molar-refractivity contribution < 1.29 is 4.79 Å². The molecule has 1 unspecified atom stereocenters. The molecule has 0 radical (unpaired) electrons. The van der Waals surface area contributed by atoms with E-state index in [9.17, 15) is 4.79 Å². The number of carbonyl (C=O) groups is 1. The minimum atomic E-state index is 0.332. The molecule has 0 aromatic carbocycles. The summed E-state index contributed by atoms with van der Waals surface area (Å²) in [5.41, 5.74) is 0.511. The molecule has 1 saturated carbocycles. The number of amides is 1. The third-order valence-corrected chi connectivity index (χ3v) is 4.33. The van der Waals surface area contributed by atoms with E-state index in [4.69, 9.17) is 0 Å². The average molecular weight is 224 g/mol. The van der Waals surface area contributed by atoms with Crippen molar-refractivity contribution in [3.63, 3.8) is 0 Å². The number of likely N-dealkylation sites (tertiary alicyclic amines) is 1. The van der Waals surface area contributed by atoms with Crippen molar-refractivity contribution in [3.05, 3.63) is 0 Å². The van der Waals surface area contributed by atoms with Gasteiger partial charge in [-0.05, 0) is 38.0 Å². The largest absolute Gasteiger partial charge is 0.343 e. The van der Waals surface area contributed by atoms with Gasteiger partial charge in [0.15, 0.2) is 0 Å². The van der Waals surface area contributed by atoms with Gasteiger partial charge in [0.05, 0.1) is 0 Å². The molecule has 2 fully saturated rings. The third kappa shape index (κ3) is 2.76. The molecular formula is C13H24N2O. The lowest BCUT2D eigenvalue weighted by Gasteiger charge is -2.21. The van der Waals surface area contributed by atoms with Gasteiger partial charge in [-0.25, -0.2) is 0 Å². The van der Waals surface area contributed by atoms with Crippen LogP contribution in [0.15, 0.2) is 0 Å². The zero-order valence-corrected chi connectivity index (χ0v) is 10.6. The molecule has 16 heavy (non-hydrogen) atoms. The van der Waals surface area contributed by atoms with Gasteiger partial charge in [0.25, 0.3) is 0 Å². The lowest BCUT2D eigenvalue weighted by molar-refractivity contribution is -0.130. The van der Waals surface area contributed by atoms with Crippen LogP contribution < -0.4 is 5.32 Å². The van der Waals surface area contributed by atoms with Gasteiger partial charge in [0.1, 0.15) is 0 Å². The first-order valence-corrected chi connectivity index (χ1v) is 6.63. The Balaban J connectivity index is 1.62. The van der Waals surface area contributed by atoms with Gasteiger partial charge in [-0.1, -0.05) is 6.92 Å². The van der Waals surface area contributed by atoms with Crippen LogP contribution in [0.1, 0.15) is 46.0 Å². The Kier molecular flexibility index (Phi) is 3.53. The molecule has 1 heterocycles. The highest BCUT2D eigenvalue weighted by Crippen LogP contribution is 2.47. The molecule has 92 valence electrons. The first-order valence-electron chi connectivity index (χ1n) is 6.63. The van der Waals surface area contributed by atoms with E-state index >= 15 is 0 Å². The summed E-state index contributed by atoms with van der Waals surface area (Å²) in [5.74, 6) is 0.332. The van der Waals surface area contributed by atoms with Gasteiger partial charge in [-0.2, -0.15) is 0 Å². The van der Waals surface area contributed by atoms with Crippen molar-refractivity contribution in [2.45, 2.75) is 52.0 Å². The summed E-state index contributed by atoms with van der Waals surface area (Å²) in [6.45, 7) is 7.37. The second-order valence-corrected chi connectivity index (χ2v) is 5.67. The van der Waals surface area contributed by atoms with Gasteiger partial charge < -0.3 is 10.2 Å². The van der Waals surface area contributed by atoms with Crippen molar-refractivity contribution in [2.75, 3.05) is 19.6 Å². The Morgan fingerprint density at radius 2 is 2.00 bits per heavy atom. The van der Waals surface area contributed by atoms with E-state index < -0.39 is 0 Å². The van der Waals surface area contributed by atoms with Gasteiger partial charge in [-0.15, -0.1) is 0 Å². The molecule has 1 amide bonds. The maximum absolute atomic E-state index is 11.8. The Hall–Kier alpha value is -0.570. The lowest BCUT2D eigenvalue weighted by atomic mass is 10.0. The number of rotatable bonds is 5. The maximum Gasteiger partial charge on any atom is 0.223 e. The zero-order valence-electron chi connectivity index (χ0n) is 10.6. The molecular weight excluding hydrogens is 200 g/mol. The number of nitrogens with one attached hydrogen (secondary N) is 1. The van der Waals surface area contributed by atoms with E-state index in [-0.39, 0.29) is 0 Å². The fourth-order valence-electron chi connectivity index (χ4n) is 2.40. The Morgan fingerprint density at radius 3 is 2.56 bits per heavy atom. The minimum absolute atomic E-state index is 0.332. The van der Waals surface area contributed by atoms with Crippen LogP contribution in [0.2, 0.25) is 0 Å². The van der Waals surface area contributed by atoms with Crippen molar-refractivity contribution >= 4 is 5.91 Å². The first-order chi connectivity index (χ1) is 7.62. The highest BCUT2D eigenvalue weighted by atomic mass is 16.2. The number of carbonyl (C=O) groups excluding carboxylic acids is 1. The Morgan fingerprint density at radius 1 is 1.38 bits per heavy atom. The normalized spacial score (nSPS) is 24.5. The zero-order chi connectivity index (χ0) is 11.6. The van der Waals surface area contributed by atoms with Crippen LogP contribution in [0, 0.1) is 5.41 Å². The Labute approximate surface area is 98.6 Å². The van der Waals surface area contributed by atoms with E-state index in [1.807, 2.05) is 4.90 Å². The minimum Gasteiger partial charge on any atom is -0.343 e. The summed E-state index contributed by atoms with van der Waals surface area (Å²) >= 11 is 0. The number of nitrogens with zero attached hydrogens (tertiary/aromatic N) is 1. The molecule has 2 rings (SSSR count). The third-order valence-electron chi connectivity index (χ3n) is 4.33. The van der Waals surface area contributed by atoms with Gasteiger partial charge >= 0.3 is 0 Å². The monoisotopic (exact) mass is 224 g/mol. The van der Waals surface area contributed by atoms with E-state index in [0.29, 0.717) is 23.8 Å². The van der Waals surface area contributed by atoms with E-state index in [1.165, 1.54) is 25.7 Å². The van der Waals surface area contributed by atoms with Gasteiger partial charge in [-0.3, -0.25) is 4.79 Å². The van der Waals surface area contributed by atoms with Crippen LogP contribution in [0.5, 0.6) is 0 Å². The molecule has 0 aromatic rings. The van der Waals surface area contributed by atoms with Crippen LogP contribution in [-0.2, 0) is 4.79 Å². The fourth-order valence-corrected chi connectivity index (χ4v) is 2.40. The molecule has 1 aliphatic carbocycles. The second-order valence-electron chi connectivity index (χ2n) is 5.67. The van der Waals surface area contributed by atoms with Crippen molar-refractivity contribution in [3.8, 4) is 0 Å². The molecule has 2 aliphatic rings. The SMILES string of the molecule is CC(NCCC(=O)N1CCCC1)C1(C)CC1. The fraction of sp³-hybridized carbons (Fsp3) is 0.923. The summed E-state index contributed by atoms with van der Waals surface area (Å²) in [5, 5.41) is 3.49. The van der Waals surface area contributed by atoms with E-state index in [0.717, 1.165) is 19.6 Å². The topological polar surface area (TPSA) is 32.3 Å². The molecule has 1 saturated heterocycles.